The second-order valence-electron chi connectivity index (χ2n) is 24.6. The quantitative estimate of drug-likeness (QED) is 0.0442. The molecule has 20 heteroatoms. The van der Waals surface area contributed by atoms with E-state index in [1.807, 2.05) is 95.7 Å². The fourth-order valence-corrected chi connectivity index (χ4v) is 10.4. The Morgan fingerprint density at radius 1 is 0.627 bits per heavy atom. The average Bonchev–Trinajstić information content (AvgIpc) is 3.49. The minimum absolute atomic E-state index is 0.00689. The summed E-state index contributed by atoms with van der Waals surface area (Å²) in [7, 11) is -1.18. The Hall–Kier alpha value is -6.99. The van der Waals surface area contributed by atoms with Gasteiger partial charge >= 0.3 is 18.2 Å². The predicted octanol–water partition coefficient (Wildman–Crippen LogP) is 14.0. The summed E-state index contributed by atoms with van der Waals surface area (Å²) >= 11 is 13.1. The standard InChI is InChI=1S/C40H54ClN5O5Si.C23H29ClN2O5/c1-25(2)45-23-31(15-19-35(45)47)30-14-18-34(41)33(22-30)26(3)37(43-39(49)51-40(6,7)8)38(48)42-32-16-12-29(13-17-32)36-27(4)44-46(28(36)5)24-50-20-21-52(9,10)11;1-13(2)26-12-16(8-10-19(26)27)15-7-9-18(24)17(11-15)14(3)20(21(28)29)25-22(30)31-23(4,5)6/h12-19,22-23,25-26,37H,20-21,24H2,1-11H3,(H,42,48)(H,43,49);7-14,20H,1-6H3,(H,25,30)(H,28,29)/t26?,37-;14?,20-/m00/s1. The Labute approximate surface area is 499 Å². The molecule has 0 bridgehead atoms. The number of anilines is 1. The summed E-state index contributed by atoms with van der Waals surface area (Å²) in [6, 6.07) is 23.6. The molecule has 3 aromatic carbocycles. The largest absolute Gasteiger partial charge is 0.480 e. The van der Waals surface area contributed by atoms with Crippen LogP contribution < -0.4 is 27.1 Å². The maximum absolute atomic E-state index is 14.0. The number of nitrogens with zero attached hydrogens (tertiary/aromatic N) is 4. The number of carboxylic acids is 1. The number of amides is 3. The van der Waals surface area contributed by atoms with E-state index < -0.39 is 67.3 Å². The van der Waals surface area contributed by atoms with Gasteiger partial charge in [-0.15, -0.1) is 0 Å². The van der Waals surface area contributed by atoms with Crippen LogP contribution in [0.25, 0.3) is 33.4 Å². The van der Waals surface area contributed by atoms with Crippen LogP contribution in [0, 0.1) is 13.8 Å². The zero-order valence-corrected chi connectivity index (χ0v) is 53.5. The molecule has 0 aliphatic heterocycles. The Morgan fingerprint density at radius 2 is 1.05 bits per heavy atom. The molecule has 3 amide bonds. The van der Waals surface area contributed by atoms with E-state index in [1.54, 1.807) is 100 Å². The number of pyridine rings is 2. The molecule has 4 N–H and O–H groups in total. The summed E-state index contributed by atoms with van der Waals surface area (Å²) in [5, 5.41) is 23.4. The molecular weight excluding hydrogens is 1110 g/mol. The van der Waals surface area contributed by atoms with Crippen LogP contribution in [0.2, 0.25) is 35.7 Å². The third kappa shape index (κ3) is 19.0. The molecule has 0 spiro atoms. The highest BCUT2D eigenvalue weighted by Gasteiger charge is 2.33. The van der Waals surface area contributed by atoms with Crippen LogP contribution in [-0.2, 0) is 30.5 Å². The van der Waals surface area contributed by atoms with Gasteiger partial charge in [-0.05, 0) is 177 Å². The van der Waals surface area contributed by atoms with Gasteiger partial charge in [0.25, 0.3) is 11.1 Å². The third-order valence-corrected chi connectivity index (χ3v) is 15.9. The number of benzene rings is 3. The van der Waals surface area contributed by atoms with E-state index in [2.05, 4.69) is 35.6 Å². The van der Waals surface area contributed by atoms with Crippen molar-refractivity contribution in [3.63, 3.8) is 0 Å². The first-order valence-corrected chi connectivity index (χ1v) is 32.3. The molecule has 6 rings (SSSR count). The average molecular weight is 1200 g/mol. The molecule has 3 aromatic heterocycles. The molecule has 0 fully saturated rings. The number of carbonyl (C=O) groups excluding carboxylic acids is 3. The minimum atomic E-state index is -1.24. The number of aromatic nitrogens is 4. The maximum atomic E-state index is 14.0. The number of aliphatic carboxylic acids is 1. The van der Waals surface area contributed by atoms with E-state index in [0.717, 1.165) is 50.8 Å². The Balaban J connectivity index is 0.000000346. The molecule has 83 heavy (non-hydrogen) atoms. The van der Waals surface area contributed by atoms with Crippen LogP contribution in [0.4, 0.5) is 15.3 Å². The molecule has 6 aromatic rings. The van der Waals surface area contributed by atoms with Gasteiger partial charge in [0.2, 0.25) is 5.91 Å². The van der Waals surface area contributed by atoms with Gasteiger partial charge < -0.3 is 44.4 Å². The van der Waals surface area contributed by atoms with Gasteiger partial charge in [0.1, 0.15) is 30.0 Å². The molecule has 3 heterocycles. The van der Waals surface area contributed by atoms with Crippen molar-refractivity contribution in [3.8, 4) is 33.4 Å². The van der Waals surface area contributed by atoms with Crippen molar-refractivity contribution in [2.75, 3.05) is 11.9 Å². The van der Waals surface area contributed by atoms with Crippen molar-refractivity contribution in [1.82, 2.24) is 29.5 Å². The number of aryl methyl sites for hydroxylation is 1. The van der Waals surface area contributed by atoms with Crippen molar-refractivity contribution >= 4 is 61.0 Å². The third-order valence-electron chi connectivity index (χ3n) is 13.6. The summed E-state index contributed by atoms with van der Waals surface area (Å²) < 4.78 is 21.9. The number of ether oxygens (including phenoxy) is 3. The molecule has 2 unspecified atom stereocenters. The molecule has 0 aliphatic carbocycles. The number of halogens is 2. The summed E-state index contributed by atoms with van der Waals surface area (Å²) in [6.07, 6.45) is 2.04. The van der Waals surface area contributed by atoms with Crippen LogP contribution >= 0.6 is 23.2 Å². The minimum Gasteiger partial charge on any atom is -0.480 e. The van der Waals surface area contributed by atoms with Crippen molar-refractivity contribution < 1.29 is 38.5 Å². The monoisotopic (exact) mass is 1200 g/mol. The van der Waals surface area contributed by atoms with Gasteiger partial charge in [-0.25, -0.2) is 19.1 Å². The van der Waals surface area contributed by atoms with Gasteiger partial charge in [-0.2, -0.15) is 5.10 Å². The first kappa shape index (κ1) is 66.8. The SMILES string of the molecule is CC(c1cc(-c2ccc(=O)n(C(C)C)c2)ccc1Cl)[C@H](NC(=O)OC(C)(C)C)C(=O)O.Cc1nn(COCC[Si](C)(C)C)c(C)c1-c1ccc(NC(=O)[C@@H](NC(=O)OC(C)(C)C)C(C)c2cc(-c3ccc(=O)n(C(C)C)c3)ccc2Cl)cc1. The molecule has 0 radical (unpaired) electrons. The topological polar surface area (TPSA) is 214 Å². The van der Waals surface area contributed by atoms with E-state index >= 15 is 0 Å². The molecule has 0 aliphatic rings. The normalized spacial score (nSPS) is 13.3. The van der Waals surface area contributed by atoms with E-state index in [-0.39, 0.29) is 23.2 Å². The van der Waals surface area contributed by atoms with Gasteiger partial charge in [0.15, 0.2) is 0 Å². The number of hydrogen-bond acceptors (Lipinski definition) is 10. The van der Waals surface area contributed by atoms with Crippen molar-refractivity contribution in [2.45, 2.75) is 177 Å². The van der Waals surface area contributed by atoms with Gasteiger partial charge in [0, 0.05) is 90.1 Å². The maximum Gasteiger partial charge on any atom is 0.408 e. The van der Waals surface area contributed by atoms with Crippen molar-refractivity contribution in [1.29, 1.82) is 0 Å². The molecule has 448 valence electrons. The number of carboxylic acid groups (broad SMARTS) is 1. The second-order valence-corrected chi connectivity index (χ2v) is 31.0. The molecule has 17 nitrogen and oxygen atoms in total. The first-order chi connectivity index (χ1) is 38.5. The lowest BCUT2D eigenvalue weighted by Gasteiger charge is -2.28. The Bertz CT molecular complexity index is 3390. The van der Waals surface area contributed by atoms with Crippen LogP contribution in [0.5, 0.6) is 0 Å². The van der Waals surface area contributed by atoms with E-state index in [4.69, 9.17) is 42.5 Å². The summed E-state index contributed by atoms with van der Waals surface area (Å²) in [5.41, 5.74) is 7.14. The van der Waals surface area contributed by atoms with Gasteiger partial charge in [-0.3, -0.25) is 14.4 Å². The van der Waals surface area contributed by atoms with Crippen LogP contribution in [0.3, 0.4) is 0 Å². The number of nitrogens with one attached hydrogen (secondary N) is 3. The van der Waals surface area contributed by atoms with Crippen molar-refractivity contribution in [3.05, 3.63) is 151 Å². The van der Waals surface area contributed by atoms with Gasteiger partial charge in [0.05, 0.1) is 5.69 Å². The van der Waals surface area contributed by atoms with E-state index in [1.165, 1.54) is 12.1 Å². The highest BCUT2D eigenvalue weighted by Crippen LogP contribution is 2.35. The van der Waals surface area contributed by atoms with Crippen LogP contribution in [-0.4, -0.2) is 86.1 Å². The highest BCUT2D eigenvalue weighted by molar-refractivity contribution is 6.76. The lowest BCUT2D eigenvalue weighted by Crippen LogP contribution is -2.48. The Kier molecular flexibility index (Phi) is 22.6. The zero-order chi connectivity index (χ0) is 62.1. The smallest absolute Gasteiger partial charge is 0.408 e. The number of carbonyl (C=O) groups is 4. The Morgan fingerprint density at radius 3 is 1.47 bits per heavy atom. The second kappa shape index (κ2) is 28.1. The molecule has 0 saturated heterocycles. The van der Waals surface area contributed by atoms with Crippen LogP contribution in [0.1, 0.15) is 130 Å². The predicted molar refractivity (Wildman–Crippen MR) is 334 cm³/mol. The number of rotatable bonds is 19. The summed E-state index contributed by atoms with van der Waals surface area (Å²) in [6.45, 7) is 33.7. The van der Waals surface area contributed by atoms with E-state index in [0.29, 0.717) is 40.2 Å². The van der Waals surface area contributed by atoms with Gasteiger partial charge in [-0.1, -0.05) is 81.0 Å². The molecular formula is C63H83Cl2N7O10Si. The zero-order valence-electron chi connectivity index (χ0n) is 51.0. The number of hydrogen-bond donors (Lipinski definition) is 4. The lowest BCUT2D eigenvalue weighted by atomic mass is 9.90. The summed E-state index contributed by atoms with van der Waals surface area (Å²) in [4.78, 5) is 75.6. The van der Waals surface area contributed by atoms with E-state index in [9.17, 15) is 33.9 Å². The fraction of sp³-hybridized carbons (Fsp3) is 0.444. The lowest BCUT2D eigenvalue weighted by molar-refractivity contribution is -0.140. The molecule has 4 atom stereocenters. The van der Waals surface area contributed by atoms with Crippen LogP contribution in [0.15, 0.2) is 107 Å². The van der Waals surface area contributed by atoms with Crippen molar-refractivity contribution in [2.24, 2.45) is 0 Å². The molecule has 0 saturated carbocycles. The highest BCUT2D eigenvalue weighted by atomic mass is 35.5. The summed E-state index contributed by atoms with van der Waals surface area (Å²) in [5.74, 6) is -2.85. The first-order valence-electron chi connectivity index (χ1n) is 27.8. The number of alkyl carbamates (subject to hydrolysis) is 2. The fourth-order valence-electron chi connectivity index (χ4n) is 9.06.